The summed E-state index contributed by atoms with van der Waals surface area (Å²) in [6, 6.07) is -3.14. The van der Waals surface area contributed by atoms with Gasteiger partial charge in [-0.15, -0.1) is 0 Å². The van der Waals surface area contributed by atoms with Gasteiger partial charge in [0.25, 0.3) is 11.8 Å². The molecule has 0 aromatic carbocycles. The Morgan fingerprint density at radius 2 is 0.606 bits per heavy atom. The fraction of sp³-hybridized carbons (Fsp3) is 0.910. The van der Waals surface area contributed by atoms with Crippen LogP contribution in [0.15, 0.2) is 0 Å². The van der Waals surface area contributed by atoms with Crippen LogP contribution in [0, 0.1) is 5.92 Å². The lowest BCUT2D eigenvalue weighted by atomic mass is 9.96. The second kappa shape index (κ2) is 71.5. The zero-order valence-electron chi connectivity index (χ0n) is 84.1. The second-order valence-corrected chi connectivity index (χ2v) is 40.8. The average Bonchev–Trinajstić information content (AvgIpc) is 0.780. The number of carbonyl (C=O) groups is 9. The van der Waals surface area contributed by atoms with Crippen molar-refractivity contribution in [2.45, 2.75) is 545 Å². The first-order valence-electron chi connectivity index (χ1n) is 51.8. The Morgan fingerprint density at radius 3 is 0.962 bits per heavy atom. The number of amides is 9. The lowest BCUT2D eigenvalue weighted by Crippen LogP contribution is -2.63. The summed E-state index contributed by atoms with van der Waals surface area (Å²) in [6.07, 6.45) is 33.2. The molecule has 14 unspecified atom stereocenters. The second-order valence-electron chi connectivity index (χ2n) is 40.8. The molecule has 0 radical (unpaired) electrons. The van der Waals surface area contributed by atoms with Crippen LogP contribution in [-0.2, 0) is 52.4 Å². The van der Waals surface area contributed by atoms with E-state index in [1.807, 2.05) is 13.8 Å². The summed E-state index contributed by atoms with van der Waals surface area (Å²) in [4.78, 5) is 122. The highest BCUT2D eigenvalue weighted by Crippen LogP contribution is 2.28. The van der Waals surface area contributed by atoms with E-state index in [2.05, 4.69) is 54.8 Å². The van der Waals surface area contributed by atoms with Crippen LogP contribution in [0.2, 0.25) is 0 Å². The molecule has 2 aliphatic heterocycles. The molecule has 0 spiro atoms. The Kier molecular flexibility index (Phi) is 66.1. The third kappa shape index (κ3) is 60.6. The third-order valence-corrected chi connectivity index (χ3v) is 24.5. The van der Waals surface area contributed by atoms with Gasteiger partial charge in [-0.1, -0.05) is 303 Å². The molecule has 2 heterocycles. The van der Waals surface area contributed by atoms with Gasteiger partial charge < -0.3 is 117 Å². The highest BCUT2D eigenvalue weighted by Gasteiger charge is 2.48. The molecular formula is C100H189N9O23. The van der Waals surface area contributed by atoms with Crippen molar-refractivity contribution in [3.8, 4) is 0 Å². The van der Waals surface area contributed by atoms with Crippen molar-refractivity contribution in [2.75, 3.05) is 32.7 Å². The van der Waals surface area contributed by atoms with E-state index in [1.165, 1.54) is 161 Å². The molecule has 0 bridgehead atoms. The molecule has 2 saturated heterocycles. The van der Waals surface area contributed by atoms with Crippen molar-refractivity contribution in [3.05, 3.63) is 0 Å². The molecule has 0 aromatic rings. The van der Waals surface area contributed by atoms with Crippen LogP contribution in [0.25, 0.3) is 0 Å². The van der Waals surface area contributed by atoms with Crippen LogP contribution in [0.4, 0.5) is 19.2 Å². The number of nitrogens with one attached hydrogen (secondary N) is 9. The molecule has 32 heteroatoms. The van der Waals surface area contributed by atoms with Crippen LogP contribution >= 0.6 is 0 Å². The molecule has 0 saturated carbocycles. The molecule has 0 aliphatic carbocycles. The number of aliphatic hydroxyl groups is 8. The lowest BCUT2D eigenvalue weighted by Gasteiger charge is -2.37. The van der Waals surface area contributed by atoms with E-state index in [0.29, 0.717) is 77.2 Å². The summed E-state index contributed by atoms with van der Waals surface area (Å²) in [5.41, 5.74) is -3.43. The maximum atomic E-state index is 14.4. The number of ether oxygens (including phenoxy) is 6. The first-order chi connectivity index (χ1) is 62.7. The maximum absolute atomic E-state index is 14.4. The van der Waals surface area contributed by atoms with Gasteiger partial charge in [0.15, 0.2) is 24.8 Å². The number of carbonyl (C=O) groups excluding carboxylic acids is 9. The van der Waals surface area contributed by atoms with Gasteiger partial charge in [-0.3, -0.25) is 24.0 Å². The smallest absolute Gasteiger partial charge is 0.407 e. The van der Waals surface area contributed by atoms with Gasteiger partial charge in [0.1, 0.15) is 71.1 Å². The van der Waals surface area contributed by atoms with Crippen LogP contribution in [-0.4, -0.2) is 235 Å². The first-order valence-corrected chi connectivity index (χ1v) is 51.8. The number of hydrogen-bond acceptors (Lipinski definition) is 23. The van der Waals surface area contributed by atoms with E-state index >= 15 is 0 Å². The van der Waals surface area contributed by atoms with Crippen molar-refractivity contribution in [3.63, 3.8) is 0 Å². The average molecular weight is 1890 g/mol. The van der Waals surface area contributed by atoms with Crippen LogP contribution in [0.5, 0.6) is 0 Å². The molecule has 0 aromatic heterocycles. The Hall–Kier alpha value is -5.97. The summed E-state index contributed by atoms with van der Waals surface area (Å²) in [5.74, 6) is -3.53. The molecule has 132 heavy (non-hydrogen) atoms. The minimum atomic E-state index is -2.00. The predicted molar refractivity (Wildman–Crippen MR) is 514 cm³/mol. The molecule has 2 aliphatic rings. The van der Waals surface area contributed by atoms with Gasteiger partial charge in [0.2, 0.25) is 17.7 Å². The topological polar surface area (TPSA) is 479 Å². The third-order valence-electron chi connectivity index (χ3n) is 24.5. The fourth-order valence-electron chi connectivity index (χ4n) is 17.1. The summed E-state index contributed by atoms with van der Waals surface area (Å²) < 4.78 is 33.2. The van der Waals surface area contributed by atoms with E-state index in [9.17, 15) is 84.0 Å². The minimum Gasteiger partial charge on any atom is -0.444 e. The lowest BCUT2D eigenvalue weighted by molar-refractivity contribution is -0.275. The summed E-state index contributed by atoms with van der Waals surface area (Å²) >= 11 is 0. The van der Waals surface area contributed by atoms with E-state index in [1.54, 1.807) is 69.2 Å². The number of hydrogen-bond donors (Lipinski definition) is 17. The Bertz CT molecular complexity index is 3000. The fourth-order valence-corrected chi connectivity index (χ4v) is 17.1. The van der Waals surface area contributed by atoms with Crippen LogP contribution in [0.1, 0.15) is 437 Å². The zero-order chi connectivity index (χ0) is 98.2. The van der Waals surface area contributed by atoms with Crippen LogP contribution < -0.4 is 47.9 Å². The van der Waals surface area contributed by atoms with Crippen molar-refractivity contribution >= 4 is 53.9 Å². The number of alkyl carbamates (subject to hydrolysis) is 4. The van der Waals surface area contributed by atoms with E-state index < -0.39 is 144 Å². The van der Waals surface area contributed by atoms with E-state index in [0.717, 1.165) is 103 Å². The maximum Gasteiger partial charge on any atom is 0.407 e. The molecule has 32 nitrogen and oxygen atoms in total. The molecule has 14 atom stereocenters. The van der Waals surface area contributed by atoms with E-state index in [-0.39, 0.29) is 62.9 Å². The SMILES string of the molecule is CCCCCCCCCCCCCCCCCCCCCCC(NC(=O)C1OC(O)C(O)C(O)C1O)C(=O)NCC(NC(=O)CCCCCCCCCCCCCCCCCCCCCCCNC(=O)C1OC(O)C(O)C(O)C1O)C(=O)NCCCCCCC(CNC(=O)OC(C)(C)CC(CCC)NC(=O)OC(C)(C)C)CNC(=O)OC(C)(C)CC(CCC)NC(=O)OC(C)(C)C. The van der Waals surface area contributed by atoms with Gasteiger partial charge in [0, 0.05) is 64.1 Å². The van der Waals surface area contributed by atoms with Crippen molar-refractivity contribution in [1.29, 1.82) is 0 Å². The van der Waals surface area contributed by atoms with Gasteiger partial charge >= 0.3 is 24.4 Å². The van der Waals surface area contributed by atoms with Crippen LogP contribution in [0.3, 0.4) is 0 Å². The van der Waals surface area contributed by atoms with Crippen molar-refractivity contribution in [1.82, 2.24) is 47.9 Å². The molecule has 2 rings (SSSR count). The summed E-state index contributed by atoms with van der Waals surface area (Å²) in [6.45, 7) is 24.5. The van der Waals surface area contributed by atoms with Gasteiger partial charge in [0.05, 0.1) is 0 Å². The quantitative estimate of drug-likeness (QED) is 0.0199. The standard InChI is InChI=1S/C100H189N9O23/c1-14-17-18-19-20-21-22-23-24-25-26-30-33-36-39-42-45-48-51-57-64-76(109-90(120)86-82(114)80(112)84(116)92(122)128-86)87(117)103-72-77(108-78(110)65-58-52-49-46-43-40-37-34-31-28-27-29-32-35-38-41-44-47-50-54-59-67-102-89(119)85-81(113)79(111)83(115)91(121)127-85)88(118)101-66-60-55-53-56-63-73(70-104-93(123)131-99(10,11)68-74(61-15-2)106-95(125)129-97(4,5)6)71-105-94(124)132-100(12,13)69-75(62-16-3)107-96(126)130-98(7,8)9/h73-77,79-86,91-92,111-116,121-122H,14-72H2,1-13H3,(H,101,118)(H,102,119)(H,103,117)(H,104,123)(H,105,124)(H,106,125)(H,107,126)(H,108,110)(H,109,120). The number of rotatable bonds is 76. The molecular weight excluding hydrogens is 1700 g/mol. The summed E-state index contributed by atoms with van der Waals surface area (Å²) in [5, 5.41) is 107. The van der Waals surface area contributed by atoms with Crippen molar-refractivity contribution in [2.24, 2.45) is 5.92 Å². The largest absolute Gasteiger partial charge is 0.444 e. The van der Waals surface area contributed by atoms with Gasteiger partial charge in [-0.2, -0.15) is 0 Å². The Balaban J connectivity index is 2.10. The number of aliphatic hydroxyl groups excluding tert-OH is 8. The highest BCUT2D eigenvalue weighted by molar-refractivity contribution is 5.91. The number of unbranched alkanes of at least 4 members (excludes halogenated alkanes) is 42. The molecule has 2 fully saturated rings. The normalized spacial score (nSPS) is 20.0. The highest BCUT2D eigenvalue weighted by atomic mass is 16.6. The molecule has 9 amide bonds. The first kappa shape index (κ1) is 122. The molecule has 772 valence electrons. The van der Waals surface area contributed by atoms with Gasteiger partial charge in [-0.25, -0.2) is 19.2 Å². The Labute approximate surface area is 793 Å². The summed E-state index contributed by atoms with van der Waals surface area (Å²) in [7, 11) is 0. The predicted octanol–water partition coefficient (Wildman–Crippen LogP) is 15.4. The Morgan fingerprint density at radius 1 is 0.288 bits per heavy atom. The van der Waals surface area contributed by atoms with E-state index in [4.69, 9.17) is 28.4 Å². The van der Waals surface area contributed by atoms with Gasteiger partial charge in [-0.05, 0) is 120 Å². The molecule has 17 N–H and O–H groups in total. The zero-order valence-corrected chi connectivity index (χ0v) is 84.1. The van der Waals surface area contributed by atoms with Crippen molar-refractivity contribution < 1.29 is 112 Å². The minimum absolute atomic E-state index is 0.119. The monoisotopic (exact) mass is 1880 g/mol.